The number of hydrogen-bond donors (Lipinski definition) is 2. The molecular weight excluding hydrogens is 506 g/mol. The van der Waals surface area contributed by atoms with Crippen molar-refractivity contribution in [1.29, 1.82) is 0 Å². The fraction of sp³-hybridized carbons (Fsp3) is 0.138. The largest absolute Gasteiger partial charge is 0.480 e. The Labute approximate surface area is 211 Å². The van der Waals surface area contributed by atoms with Gasteiger partial charge in [0.1, 0.15) is 6.04 Å². The van der Waals surface area contributed by atoms with Crippen LogP contribution in [0.1, 0.15) is 22.3 Å². The monoisotopic (exact) mass is 527 g/mol. The number of halogens is 1. The molecular formula is C29H22BrNO4. The van der Waals surface area contributed by atoms with Crippen LogP contribution in [-0.2, 0) is 16.8 Å². The average molecular weight is 528 g/mol. The van der Waals surface area contributed by atoms with Crippen LogP contribution in [0.2, 0.25) is 0 Å². The second kappa shape index (κ2) is 8.56. The maximum atomic E-state index is 12.7. The molecule has 6 rings (SSSR count). The molecule has 0 saturated heterocycles. The van der Waals surface area contributed by atoms with Gasteiger partial charge in [0.25, 0.3) is 0 Å². The molecule has 0 spiro atoms. The third-order valence-corrected chi connectivity index (χ3v) is 7.55. The van der Waals surface area contributed by atoms with Gasteiger partial charge in [0.05, 0.1) is 5.54 Å². The maximum Gasteiger partial charge on any atom is 0.321 e. The van der Waals surface area contributed by atoms with E-state index in [1.807, 2.05) is 54.6 Å². The van der Waals surface area contributed by atoms with E-state index < -0.39 is 17.6 Å². The van der Waals surface area contributed by atoms with Crippen LogP contribution in [0.3, 0.4) is 0 Å². The van der Waals surface area contributed by atoms with E-state index >= 15 is 0 Å². The molecule has 4 aromatic carbocycles. The molecule has 1 atom stereocenters. The molecule has 0 aromatic heterocycles. The van der Waals surface area contributed by atoms with E-state index in [1.54, 1.807) is 0 Å². The summed E-state index contributed by atoms with van der Waals surface area (Å²) in [5.74, 6) is 0.355. The predicted molar refractivity (Wildman–Crippen MR) is 137 cm³/mol. The van der Waals surface area contributed by atoms with Gasteiger partial charge >= 0.3 is 5.97 Å². The Morgan fingerprint density at radius 1 is 0.886 bits per heavy atom. The van der Waals surface area contributed by atoms with E-state index in [9.17, 15) is 9.90 Å². The van der Waals surface area contributed by atoms with Crippen LogP contribution in [-0.4, -0.2) is 23.9 Å². The summed E-state index contributed by atoms with van der Waals surface area (Å²) in [7, 11) is 0. The van der Waals surface area contributed by atoms with Crippen LogP contribution in [0.5, 0.6) is 11.5 Å². The smallest absolute Gasteiger partial charge is 0.321 e. The Balaban J connectivity index is 1.50. The topological polar surface area (TPSA) is 67.8 Å². The van der Waals surface area contributed by atoms with Crippen LogP contribution in [0.15, 0.2) is 95.5 Å². The van der Waals surface area contributed by atoms with Gasteiger partial charge in [-0.2, -0.15) is 0 Å². The number of carbonyl (C=O) groups is 1. The van der Waals surface area contributed by atoms with E-state index in [0.29, 0.717) is 11.5 Å². The second-order valence-electron chi connectivity index (χ2n) is 8.74. The highest BCUT2D eigenvalue weighted by molar-refractivity contribution is 9.10. The van der Waals surface area contributed by atoms with Crippen LogP contribution in [0.25, 0.3) is 11.1 Å². The summed E-state index contributed by atoms with van der Waals surface area (Å²) in [6.45, 7) is 0.163. The molecule has 0 fully saturated rings. The standard InChI is InChI=1S/C29H22BrNO4/c30-24-16-27-26(34-17-35-27)15-18(24)14-25(28(32)33)31-29(19-8-2-1-3-9-19)22-12-6-4-10-20(22)21-11-5-7-13-23(21)29/h1-13,15-16,25,31H,14,17H2,(H,32,33). The van der Waals surface area contributed by atoms with E-state index in [2.05, 4.69) is 57.6 Å². The minimum absolute atomic E-state index is 0.163. The van der Waals surface area contributed by atoms with Crippen molar-refractivity contribution < 1.29 is 19.4 Å². The van der Waals surface area contributed by atoms with E-state index in [1.165, 1.54) is 0 Å². The van der Waals surface area contributed by atoms with Crippen LogP contribution in [0.4, 0.5) is 0 Å². The molecule has 0 radical (unpaired) electrons. The number of nitrogens with one attached hydrogen (secondary N) is 1. The molecule has 1 unspecified atom stereocenters. The van der Waals surface area contributed by atoms with Gasteiger partial charge in [0.15, 0.2) is 11.5 Å². The number of carboxylic acids is 1. The van der Waals surface area contributed by atoms with Gasteiger partial charge in [-0.05, 0) is 51.9 Å². The first-order valence-electron chi connectivity index (χ1n) is 11.4. The first kappa shape index (κ1) is 21.9. The van der Waals surface area contributed by atoms with Gasteiger partial charge in [0, 0.05) is 4.47 Å². The number of hydrogen-bond acceptors (Lipinski definition) is 4. The first-order valence-corrected chi connectivity index (χ1v) is 12.2. The van der Waals surface area contributed by atoms with Gasteiger partial charge in [0.2, 0.25) is 6.79 Å². The second-order valence-corrected chi connectivity index (χ2v) is 9.60. The van der Waals surface area contributed by atoms with Crippen molar-refractivity contribution in [2.45, 2.75) is 18.0 Å². The van der Waals surface area contributed by atoms with Crippen molar-refractivity contribution in [3.05, 3.63) is 118 Å². The molecule has 6 heteroatoms. The molecule has 174 valence electrons. The fourth-order valence-electron chi connectivity index (χ4n) is 5.27. The summed E-state index contributed by atoms with van der Waals surface area (Å²) < 4.78 is 11.8. The number of benzene rings is 4. The summed E-state index contributed by atoms with van der Waals surface area (Å²) in [4.78, 5) is 12.7. The van der Waals surface area contributed by atoms with Gasteiger partial charge in [-0.3, -0.25) is 10.1 Å². The molecule has 0 saturated carbocycles. The van der Waals surface area contributed by atoms with Crippen molar-refractivity contribution in [2.75, 3.05) is 6.79 Å². The van der Waals surface area contributed by atoms with Crippen molar-refractivity contribution in [3.63, 3.8) is 0 Å². The van der Waals surface area contributed by atoms with Crippen molar-refractivity contribution in [1.82, 2.24) is 5.32 Å². The Morgan fingerprint density at radius 2 is 1.46 bits per heavy atom. The summed E-state index contributed by atoms with van der Waals surface area (Å²) in [5.41, 5.74) is 5.30. The minimum Gasteiger partial charge on any atom is -0.480 e. The van der Waals surface area contributed by atoms with Crippen molar-refractivity contribution in [2.24, 2.45) is 0 Å². The third-order valence-electron chi connectivity index (χ3n) is 6.81. The lowest BCUT2D eigenvalue weighted by atomic mass is 9.79. The molecule has 1 aliphatic carbocycles. The molecule has 0 amide bonds. The minimum atomic E-state index is -0.924. The quantitative estimate of drug-likeness (QED) is 0.335. The van der Waals surface area contributed by atoms with Crippen molar-refractivity contribution >= 4 is 21.9 Å². The molecule has 2 N–H and O–H groups in total. The zero-order chi connectivity index (χ0) is 24.0. The van der Waals surface area contributed by atoms with Crippen molar-refractivity contribution in [3.8, 4) is 22.6 Å². The lowest BCUT2D eigenvalue weighted by molar-refractivity contribution is -0.139. The number of ether oxygens (including phenoxy) is 2. The molecule has 5 nitrogen and oxygen atoms in total. The Hall–Kier alpha value is -3.61. The number of carboxylic acid groups (broad SMARTS) is 1. The Morgan fingerprint density at radius 3 is 2.09 bits per heavy atom. The Kier molecular flexibility index (Phi) is 5.35. The van der Waals surface area contributed by atoms with Crippen LogP contribution < -0.4 is 14.8 Å². The summed E-state index contributed by atoms with van der Waals surface area (Å²) in [5, 5.41) is 14.0. The molecule has 35 heavy (non-hydrogen) atoms. The van der Waals surface area contributed by atoms with Gasteiger partial charge < -0.3 is 14.6 Å². The van der Waals surface area contributed by atoms with E-state index in [0.717, 1.165) is 37.9 Å². The molecule has 4 aromatic rings. The van der Waals surface area contributed by atoms with Crippen LogP contribution in [0, 0.1) is 0 Å². The average Bonchev–Trinajstić information content (AvgIpc) is 3.45. The molecule has 1 aliphatic heterocycles. The van der Waals surface area contributed by atoms with E-state index in [4.69, 9.17) is 9.47 Å². The first-order chi connectivity index (χ1) is 17.1. The lowest BCUT2D eigenvalue weighted by Crippen LogP contribution is -2.52. The highest BCUT2D eigenvalue weighted by Crippen LogP contribution is 2.51. The lowest BCUT2D eigenvalue weighted by Gasteiger charge is -2.37. The molecule has 0 bridgehead atoms. The fourth-order valence-corrected chi connectivity index (χ4v) is 5.75. The maximum absolute atomic E-state index is 12.7. The Bertz CT molecular complexity index is 1390. The summed E-state index contributed by atoms with van der Waals surface area (Å²) in [6.07, 6.45) is 0.255. The zero-order valence-electron chi connectivity index (χ0n) is 18.7. The highest BCUT2D eigenvalue weighted by Gasteiger charge is 2.46. The number of rotatable bonds is 6. The van der Waals surface area contributed by atoms with Crippen LogP contribution >= 0.6 is 15.9 Å². The summed E-state index contributed by atoms with van der Waals surface area (Å²) >= 11 is 3.59. The van der Waals surface area contributed by atoms with Gasteiger partial charge in [-0.25, -0.2) is 0 Å². The molecule has 1 heterocycles. The van der Waals surface area contributed by atoms with Gasteiger partial charge in [-0.15, -0.1) is 0 Å². The van der Waals surface area contributed by atoms with Gasteiger partial charge in [-0.1, -0.05) is 94.8 Å². The normalized spacial score (nSPS) is 15.3. The number of fused-ring (bicyclic) bond motifs is 4. The zero-order valence-corrected chi connectivity index (χ0v) is 20.3. The van der Waals surface area contributed by atoms with E-state index in [-0.39, 0.29) is 13.2 Å². The third kappa shape index (κ3) is 3.52. The number of aliphatic carboxylic acids is 1. The predicted octanol–water partition coefficient (Wildman–Crippen LogP) is 5.74. The highest BCUT2D eigenvalue weighted by atomic mass is 79.9. The summed E-state index contributed by atoms with van der Waals surface area (Å²) in [6, 6.07) is 29.3. The SMILES string of the molecule is O=C(O)C(Cc1cc2c(cc1Br)OCO2)NC1(c2ccccc2)c2ccccc2-c2ccccc21. The molecule has 2 aliphatic rings.